The lowest BCUT2D eigenvalue weighted by molar-refractivity contribution is -0.385. The van der Waals surface area contributed by atoms with Gasteiger partial charge in [0.15, 0.2) is 0 Å². The molecule has 0 spiro atoms. The zero-order chi connectivity index (χ0) is 16.2. The second-order valence-electron chi connectivity index (χ2n) is 5.75. The normalized spacial score (nSPS) is 14.1. The Balaban J connectivity index is 1.69. The van der Waals surface area contributed by atoms with Crippen LogP contribution in [0.15, 0.2) is 36.5 Å². The average Bonchev–Trinajstić information content (AvgIpc) is 2.50. The number of nitrogens with zero attached hydrogens (tertiary/aromatic N) is 2. The summed E-state index contributed by atoms with van der Waals surface area (Å²) < 4.78 is 6.00. The molecule has 23 heavy (non-hydrogen) atoms. The van der Waals surface area contributed by atoms with E-state index in [0.29, 0.717) is 18.5 Å². The van der Waals surface area contributed by atoms with Crippen molar-refractivity contribution in [3.63, 3.8) is 0 Å². The summed E-state index contributed by atoms with van der Waals surface area (Å²) in [6.45, 7) is 2.37. The van der Waals surface area contributed by atoms with E-state index in [-0.39, 0.29) is 5.69 Å². The fourth-order valence-electron chi connectivity index (χ4n) is 2.46. The number of aromatic nitrogens is 1. The van der Waals surface area contributed by atoms with E-state index in [0.717, 1.165) is 29.7 Å². The minimum atomic E-state index is -0.439. The maximum absolute atomic E-state index is 10.8. The minimum Gasteiger partial charge on any atom is -0.490 e. The maximum Gasteiger partial charge on any atom is 0.287 e. The van der Waals surface area contributed by atoms with Gasteiger partial charge in [-0.25, -0.2) is 4.98 Å². The highest BCUT2D eigenvalue weighted by atomic mass is 16.6. The second kappa shape index (κ2) is 6.64. The standard InChI is InChI=1S/C17H19N3O3/c1-12-9-14(20(21)22)11-19-17(12)18-10-13-5-2-3-8-16(13)23-15-6-4-7-15/h2-3,5,8-9,11,15H,4,6-7,10H2,1H3,(H,18,19). The molecule has 0 saturated heterocycles. The number of para-hydroxylation sites is 1. The van der Waals surface area contributed by atoms with Crippen LogP contribution in [0.4, 0.5) is 11.5 Å². The predicted molar refractivity (Wildman–Crippen MR) is 87.7 cm³/mol. The average molecular weight is 313 g/mol. The van der Waals surface area contributed by atoms with Crippen molar-refractivity contribution in [3.8, 4) is 5.75 Å². The largest absolute Gasteiger partial charge is 0.490 e. The molecule has 0 amide bonds. The van der Waals surface area contributed by atoms with E-state index in [9.17, 15) is 10.1 Å². The summed E-state index contributed by atoms with van der Waals surface area (Å²) in [6.07, 6.45) is 5.06. The lowest BCUT2D eigenvalue weighted by atomic mass is 9.96. The summed E-state index contributed by atoms with van der Waals surface area (Å²) >= 11 is 0. The third kappa shape index (κ3) is 3.59. The molecule has 1 fully saturated rings. The second-order valence-corrected chi connectivity index (χ2v) is 5.75. The number of ether oxygens (including phenoxy) is 1. The van der Waals surface area contributed by atoms with Crippen LogP contribution >= 0.6 is 0 Å². The van der Waals surface area contributed by atoms with Gasteiger partial charge in [0, 0.05) is 18.2 Å². The predicted octanol–water partition coefficient (Wildman–Crippen LogP) is 3.84. The molecule has 1 aromatic carbocycles. The molecule has 6 nitrogen and oxygen atoms in total. The van der Waals surface area contributed by atoms with Crippen LogP contribution in [-0.2, 0) is 6.54 Å². The molecular weight excluding hydrogens is 294 g/mol. The first-order chi connectivity index (χ1) is 11.1. The van der Waals surface area contributed by atoms with Gasteiger partial charge in [-0.3, -0.25) is 10.1 Å². The van der Waals surface area contributed by atoms with E-state index in [4.69, 9.17) is 4.74 Å². The summed E-state index contributed by atoms with van der Waals surface area (Å²) in [5, 5.41) is 14.0. The van der Waals surface area contributed by atoms with Crippen LogP contribution in [0.3, 0.4) is 0 Å². The lowest BCUT2D eigenvalue weighted by Crippen LogP contribution is -2.25. The van der Waals surface area contributed by atoms with Crippen LogP contribution in [0.25, 0.3) is 0 Å². The van der Waals surface area contributed by atoms with Gasteiger partial charge < -0.3 is 10.1 Å². The van der Waals surface area contributed by atoms with Gasteiger partial charge in [0.25, 0.3) is 5.69 Å². The first kappa shape index (κ1) is 15.3. The van der Waals surface area contributed by atoms with Gasteiger partial charge in [0.1, 0.15) is 17.8 Å². The Morgan fingerprint density at radius 2 is 2.17 bits per heavy atom. The van der Waals surface area contributed by atoms with Gasteiger partial charge in [-0.15, -0.1) is 0 Å². The molecule has 1 heterocycles. The smallest absolute Gasteiger partial charge is 0.287 e. The van der Waals surface area contributed by atoms with Crippen molar-refractivity contribution in [3.05, 3.63) is 57.8 Å². The van der Waals surface area contributed by atoms with E-state index < -0.39 is 4.92 Å². The van der Waals surface area contributed by atoms with E-state index in [1.807, 2.05) is 24.3 Å². The molecule has 0 radical (unpaired) electrons. The topological polar surface area (TPSA) is 77.3 Å². The fourth-order valence-corrected chi connectivity index (χ4v) is 2.46. The van der Waals surface area contributed by atoms with Gasteiger partial charge in [-0.1, -0.05) is 18.2 Å². The van der Waals surface area contributed by atoms with Crippen LogP contribution in [0.5, 0.6) is 5.75 Å². The Kier molecular flexibility index (Phi) is 4.41. The number of nitrogens with one attached hydrogen (secondary N) is 1. The van der Waals surface area contributed by atoms with Crippen LogP contribution in [0.2, 0.25) is 0 Å². The number of nitro groups is 1. The first-order valence-corrected chi connectivity index (χ1v) is 7.73. The fraction of sp³-hybridized carbons (Fsp3) is 0.353. The zero-order valence-electron chi connectivity index (χ0n) is 13.0. The third-order valence-corrected chi connectivity index (χ3v) is 4.04. The third-order valence-electron chi connectivity index (χ3n) is 4.04. The van der Waals surface area contributed by atoms with Crippen molar-refractivity contribution >= 4 is 11.5 Å². The molecule has 1 aliphatic rings. The molecule has 2 aromatic rings. The van der Waals surface area contributed by atoms with Crippen molar-refractivity contribution in [2.45, 2.75) is 38.8 Å². The quantitative estimate of drug-likeness (QED) is 0.647. The summed E-state index contributed by atoms with van der Waals surface area (Å²) in [4.78, 5) is 14.5. The Hall–Kier alpha value is -2.63. The molecule has 1 aromatic heterocycles. The lowest BCUT2D eigenvalue weighted by Gasteiger charge is -2.27. The van der Waals surface area contributed by atoms with Gasteiger partial charge in [-0.2, -0.15) is 0 Å². The van der Waals surface area contributed by atoms with Crippen molar-refractivity contribution in [1.29, 1.82) is 0 Å². The number of pyridine rings is 1. The van der Waals surface area contributed by atoms with E-state index in [1.165, 1.54) is 18.7 Å². The molecule has 0 unspecified atom stereocenters. The zero-order valence-corrected chi connectivity index (χ0v) is 13.0. The molecule has 120 valence electrons. The number of benzene rings is 1. The minimum absolute atomic E-state index is 0.00164. The SMILES string of the molecule is Cc1cc([N+](=O)[O-])cnc1NCc1ccccc1OC1CCC1. The van der Waals surface area contributed by atoms with Crippen LogP contribution in [0, 0.1) is 17.0 Å². The van der Waals surface area contributed by atoms with Gasteiger partial charge in [0.05, 0.1) is 11.0 Å². The number of hydrogen-bond acceptors (Lipinski definition) is 5. The van der Waals surface area contributed by atoms with E-state index >= 15 is 0 Å². The highest BCUT2D eigenvalue weighted by molar-refractivity contribution is 5.49. The first-order valence-electron chi connectivity index (χ1n) is 7.73. The van der Waals surface area contributed by atoms with Crippen LogP contribution in [0.1, 0.15) is 30.4 Å². The van der Waals surface area contributed by atoms with E-state index in [2.05, 4.69) is 10.3 Å². The van der Waals surface area contributed by atoms with Gasteiger partial charge in [-0.05, 0) is 37.8 Å². The Morgan fingerprint density at radius 3 is 2.83 bits per heavy atom. The van der Waals surface area contributed by atoms with Crippen molar-refractivity contribution in [2.75, 3.05) is 5.32 Å². The number of hydrogen-bond donors (Lipinski definition) is 1. The number of rotatable bonds is 6. The Morgan fingerprint density at radius 1 is 1.39 bits per heavy atom. The monoisotopic (exact) mass is 313 g/mol. The maximum atomic E-state index is 10.8. The molecule has 6 heteroatoms. The van der Waals surface area contributed by atoms with Gasteiger partial charge >= 0.3 is 0 Å². The summed E-state index contributed by atoms with van der Waals surface area (Å²) in [5.41, 5.74) is 1.80. The molecular formula is C17H19N3O3. The summed E-state index contributed by atoms with van der Waals surface area (Å²) in [6, 6.07) is 9.45. The summed E-state index contributed by atoms with van der Waals surface area (Å²) in [5.74, 6) is 1.54. The van der Waals surface area contributed by atoms with Crippen LogP contribution in [-0.4, -0.2) is 16.0 Å². The van der Waals surface area contributed by atoms with Crippen molar-refractivity contribution < 1.29 is 9.66 Å². The van der Waals surface area contributed by atoms with Crippen molar-refractivity contribution in [2.24, 2.45) is 0 Å². The number of aryl methyl sites for hydroxylation is 1. The highest BCUT2D eigenvalue weighted by Gasteiger charge is 2.20. The molecule has 3 rings (SSSR count). The van der Waals surface area contributed by atoms with E-state index in [1.54, 1.807) is 6.92 Å². The summed E-state index contributed by atoms with van der Waals surface area (Å²) in [7, 11) is 0. The van der Waals surface area contributed by atoms with Crippen molar-refractivity contribution in [1.82, 2.24) is 4.98 Å². The Bertz CT molecular complexity index is 714. The molecule has 0 atom stereocenters. The Labute approximate surface area is 134 Å². The van der Waals surface area contributed by atoms with Gasteiger partial charge in [0.2, 0.25) is 0 Å². The molecule has 1 aliphatic carbocycles. The highest BCUT2D eigenvalue weighted by Crippen LogP contribution is 2.28. The molecule has 0 aliphatic heterocycles. The molecule has 1 N–H and O–H groups in total. The number of anilines is 1. The molecule has 1 saturated carbocycles. The van der Waals surface area contributed by atoms with Crippen LogP contribution < -0.4 is 10.1 Å². The molecule has 0 bridgehead atoms.